The minimum Gasteiger partial charge on any atom is -0.467 e. The van der Waals surface area contributed by atoms with Gasteiger partial charge >= 0.3 is 36.4 Å². The predicted octanol–water partition coefficient (Wildman–Crippen LogP) is 4.52. The van der Waals surface area contributed by atoms with Gasteiger partial charge in [-0.15, -0.1) is 0 Å². The lowest BCUT2D eigenvalue weighted by atomic mass is 10.2. The lowest BCUT2D eigenvalue weighted by Gasteiger charge is -2.32. The number of hydrogen-bond acceptors (Lipinski definition) is 15. The molecule has 2 N–H and O–H groups in total. The summed E-state index contributed by atoms with van der Waals surface area (Å²) >= 11 is 0. The highest BCUT2D eigenvalue weighted by molar-refractivity contribution is 5.90. The van der Waals surface area contributed by atoms with Crippen molar-refractivity contribution in [3.05, 3.63) is 35.9 Å². The van der Waals surface area contributed by atoms with Crippen LogP contribution in [0.1, 0.15) is 88.6 Å². The number of rotatable bonds is 10. The van der Waals surface area contributed by atoms with E-state index < -0.39 is 76.8 Å². The molecule has 0 saturated carbocycles. The fourth-order valence-electron chi connectivity index (χ4n) is 6.81. The van der Waals surface area contributed by atoms with E-state index in [0.29, 0.717) is 5.56 Å². The number of hydrogen-bond donors (Lipinski definition) is 2. The summed E-state index contributed by atoms with van der Waals surface area (Å²) in [7, 11) is 1.18. The van der Waals surface area contributed by atoms with E-state index in [0.717, 1.165) is 0 Å². The third kappa shape index (κ3) is 21.6. The highest BCUT2D eigenvalue weighted by Gasteiger charge is 2.35. The molecule has 2 aliphatic heterocycles. The topological polar surface area (TPSA) is 218 Å². The molecule has 2 fully saturated rings. The van der Waals surface area contributed by atoms with E-state index in [1.165, 1.54) is 26.7 Å². The minimum absolute atomic E-state index is 0.0964. The molecule has 0 bridgehead atoms. The summed E-state index contributed by atoms with van der Waals surface area (Å²) in [6.45, 7) is 22.7. The van der Waals surface area contributed by atoms with Crippen molar-refractivity contribution < 1.29 is 62.0 Å². The van der Waals surface area contributed by atoms with Crippen LogP contribution in [-0.4, -0.2) is 205 Å². The third-order valence-corrected chi connectivity index (χ3v) is 10.1. The molecule has 21 heteroatoms. The molecular weight excluding hydrogens is 885 g/mol. The van der Waals surface area contributed by atoms with Crippen LogP contribution in [-0.2, 0) is 44.6 Å². The van der Waals surface area contributed by atoms with Gasteiger partial charge in [-0.1, -0.05) is 30.3 Å². The molecular formula is C47H78N8O13. The second kappa shape index (κ2) is 25.2. The second-order valence-electron chi connectivity index (χ2n) is 20.8. The van der Waals surface area contributed by atoms with Crippen LogP contribution in [0.2, 0.25) is 0 Å². The third-order valence-electron chi connectivity index (χ3n) is 10.1. The number of esters is 1. The molecule has 6 amide bonds. The van der Waals surface area contributed by atoms with E-state index in [1.807, 2.05) is 15.9 Å². The fourth-order valence-corrected chi connectivity index (χ4v) is 6.81. The summed E-state index contributed by atoms with van der Waals surface area (Å²) in [5.74, 6) is -1.56. The van der Waals surface area contributed by atoms with Crippen LogP contribution in [0.5, 0.6) is 0 Å². The van der Waals surface area contributed by atoms with Gasteiger partial charge in [-0.2, -0.15) is 0 Å². The molecule has 1 aromatic rings. The first-order valence-corrected chi connectivity index (χ1v) is 23.2. The highest BCUT2D eigenvalue weighted by Crippen LogP contribution is 2.17. The van der Waals surface area contributed by atoms with Gasteiger partial charge in [0, 0.05) is 91.6 Å². The lowest BCUT2D eigenvalue weighted by molar-refractivity contribution is -0.146. The van der Waals surface area contributed by atoms with Crippen molar-refractivity contribution in [2.45, 2.75) is 124 Å². The van der Waals surface area contributed by atoms with Gasteiger partial charge in [0.25, 0.3) is 0 Å². The zero-order chi connectivity index (χ0) is 51.0. The average molecular weight is 963 g/mol. The standard InChI is InChI=1S/C47H78N8O13/c1-44(2,3)65-40(59)52-23-19-50(20-24-53(28-27-52)41(60)66-45(4,5)6)31-35(49-39(58)64-33-34-17-15-14-16-18-34)37(56)48-36(38(57)63-13)32-51-21-25-54(42(61)67-46(7,8)9)29-30-55(26-22-51)43(62)68-47(10,11)12/h14-18,35-36H,19-33H2,1-13H3,(H,48,56)(H,49,58)/t35-,36-/m0/s1. The number of ether oxygens (including phenoxy) is 6. The van der Waals surface area contributed by atoms with E-state index in [2.05, 4.69) is 10.6 Å². The van der Waals surface area contributed by atoms with E-state index in [1.54, 1.807) is 107 Å². The monoisotopic (exact) mass is 963 g/mol. The number of nitrogens with zero attached hydrogens (tertiary/aromatic N) is 6. The molecule has 0 spiro atoms. The van der Waals surface area contributed by atoms with Crippen LogP contribution < -0.4 is 10.6 Å². The molecule has 2 heterocycles. The smallest absolute Gasteiger partial charge is 0.410 e. The Hall–Kier alpha value is -5.57. The number of amides is 6. The number of benzene rings is 1. The summed E-state index contributed by atoms with van der Waals surface area (Å²) in [4.78, 5) is 105. The molecule has 0 aliphatic carbocycles. The van der Waals surface area contributed by atoms with E-state index >= 15 is 0 Å². The first-order valence-electron chi connectivity index (χ1n) is 23.2. The first-order chi connectivity index (χ1) is 31.5. The SMILES string of the molecule is COC(=O)[C@H](CN1CCN(C(=O)OC(C)(C)C)CCN(C(=O)OC(C)(C)C)CC1)NC(=O)[C@H](CN1CCN(C(=O)OC(C)(C)C)CCN(C(=O)OC(C)(C)C)CC1)NC(=O)OCc1ccccc1. The molecule has 0 unspecified atom stereocenters. The van der Waals surface area contributed by atoms with Crippen molar-refractivity contribution in [2.24, 2.45) is 0 Å². The Balaban J connectivity index is 1.96. The molecule has 3 rings (SSSR count). The fraction of sp³-hybridized carbons (Fsp3) is 0.723. The van der Waals surface area contributed by atoms with Crippen molar-refractivity contribution in [1.82, 2.24) is 40.0 Å². The maximum absolute atomic E-state index is 14.6. The molecule has 0 radical (unpaired) electrons. The van der Waals surface area contributed by atoms with Gasteiger partial charge in [0.2, 0.25) is 5.91 Å². The maximum Gasteiger partial charge on any atom is 0.410 e. The second-order valence-corrected chi connectivity index (χ2v) is 20.8. The average Bonchev–Trinajstić information content (AvgIpc) is 3.38. The normalized spacial score (nSPS) is 17.3. The van der Waals surface area contributed by atoms with Crippen molar-refractivity contribution in [1.29, 1.82) is 0 Å². The quantitative estimate of drug-likeness (QED) is 0.243. The van der Waals surface area contributed by atoms with Gasteiger partial charge in [0.1, 0.15) is 41.1 Å². The highest BCUT2D eigenvalue weighted by atomic mass is 16.6. The number of alkyl carbamates (subject to hydrolysis) is 1. The minimum atomic E-state index is -1.35. The molecule has 0 aromatic heterocycles. The molecule has 2 saturated heterocycles. The summed E-state index contributed by atoms with van der Waals surface area (Å²) < 4.78 is 33.4. The van der Waals surface area contributed by atoms with Crippen LogP contribution in [0.3, 0.4) is 0 Å². The number of carbonyl (C=O) groups excluding carboxylic acids is 7. The summed E-state index contributed by atoms with van der Waals surface area (Å²) in [5.41, 5.74) is -2.48. The van der Waals surface area contributed by atoms with Crippen molar-refractivity contribution in [3.63, 3.8) is 0 Å². The number of methoxy groups -OCH3 is 1. The van der Waals surface area contributed by atoms with Crippen molar-refractivity contribution in [3.8, 4) is 0 Å². The molecule has 2 atom stereocenters. The summed E-state index contributed by atoms with van der Waals surface area (Å²) in [5, 5.41) is 5.45. The van der Waals surface area contributed by atoms with Gasteiger partial charge in [-0.3, -0.25) is 14.6 Å². The van der Waals surface area contributed by atoms with Crippen molar-refractivity contribution in [2.75, 3.05) is 98.7 Å². The van der Waals surface area contributed by atoms with Crippen LogP contribution in [0.4, 0.5) is 24.0 Å². The van der Waals surface area contributed by atoms with Crippen LogP contribution >= 0.6 is 0 Å². The number of nitrogens with one attached hydrogen (secondary N) is 2. The molecule has 384 valence electrons. The number of carbonyl (C=O) groups is 7. The Kier molecular flexibility index (Phi) is 21.0. The first kappa shape index (κ1) is 56.8. The zero-order valence-electron chi connectivity index (χ0n) is 42.6. The Morgan fingerprint density at radius 3 is 1.13 bits per heavy atom. The summed E-state index contributed by atoms with van der Waals surface area (Å²) in [6, 6.07) is 6.32. The van der Waals surface area contributed by atoms with Gasteiger partial charge in [-0.05, 0) is 88.6 Å². The van der Waals surface area contributed by atoms with Crippen LogP contribution in [0.25, 0.3) is 0 Å². The summed E-state index contributed by atoms with van der Waals surface area (Å²) in [6.07, 6.45) is -3.27. The zero-order valence-corrected chi connectivity index (χ0v) is 42.6. The van der Waals surface area contributed by atoms with Gasteiger partial charge < -0.3 is 58.7 Å². The van der Waals surface area contributed by atoms with E-state index in [-0.39, 0.29) is 98.2 Å². The largest absolute Gasteiger partial charge is 0.467 e. The Bertz CT molecular complexity index is 1760. The Morgan fingerprint density at radius 1 is 0.485 bits per heavy atom. The van der Waals surface area contributed by atoms with Gasteiger partial charge in [0.15, 0.2) is 0 Å². The lowest BCUT2D eigenvalue weighted by Crippen LogP contribution is -2.59. The van der Waals surface area contributed by atoms with Crippen molar-refractivity contribution >= 4 is 42.3 Å². The maximum atomic E-state index is 14.6. The molecule has 2 aliphatic rings. The molecule has 68 heavy (non-hydrogen) atoms. The molecule has 1 aromatic carbocycles. The predicted molar refractivity (Wildman–Crippen MR) is 252 cm³/mol. The van der Waals surface area contributed by atoms with E-state index in [4.69, 9.17) is 28.4 Å². The molecule has 21 nitrogen and oxygen atoms in total. The Morgan fingerprint density at radius 2 is 0.809 bits per heavy atom. The van der Waals surface area contributed by atoms with Gasteiger partial charge in [-0.25, -0.2) is 28.8 Å². The van der Waals surface area contributed by atoms with Gasteiger partial charge in [0.05, 0.1) is 7.11 Å². The van der Waals surface area contributed by atoms with Crippen LogP contribution in [0.15, 0.2) is 30.3 Å². The van der Waals surface area contributed by atoms with Crippen LogP contribution in [0, 0.1) is 0 Å². The Labute approximate surface area is 402 Å². The van der Waals surface area contributed by atoms with E-state index in [9.17, 15) is 33.6 Å².